The minimum Gasteiger partial charge on any atom is -0.366 e. The van der Waals surface area contributed by atoms with Crippen molar-refractivity contribution in [1.29, 1.82) is 0 Å². The summed E-state index contributed by atoms with van der Waals surface area (Å²) in [5.74, 6) is 0.257. The third-order valence-electron chi connectivity index (χ3n) is 2.40. The fraction of sp³-hybridized carbons (Fsp3) is 0. The van der Waals surface area contributed by atoms with Crippen molar-refractivity contribution in [3.05, 3.63) is 43.0 Å². The standard InChI is InChI=1S/C11H9N5/c12-11-14-7-16(15-11)10-6-13-5-8-3-1-2-4-9(8)10/h1-7H,(H2,12,15). The minimum absolute atomic E-state index is 0.257. The Morgan fingerprint density at radius 3 is 2.81 bits per heavy atom. The molecule has 2 heterocycles. The third kappa shape index (κ3) is 1.30. The molecule has 2 aromatic heterocycles. The number of nitrogens with two attached hydrogens (primary N) is 1. The first-order valence-corrected chi connectivity index (χ1v) is 4.85. The molecule has 0 aliphatic heterocycles. The Bertz CT molecular complexity index is 638. The van der Waals surface area contributed by atoms with Gasteiger partial charge in [0.15, 0.2) is 0 Å². The molecule has 0 atom stereocenters. The summed E-state index contributed by atoms with van der Waals surface area (Å²) < 4.78 is 1.63. The monoisotopic (exact) mass is 211 g/mol. The smallest absolute Gasteiger partial charge is 0.239 e. The quantitative estimate of drug-likeness (QED) is 0.660. The fourth-order valence-corrected chi connectivity index (χ4v) is 1.68. The van der Waals surface area contributed by atoms with Gasteiger partial charge in [0, 0.05) is 17.0 Å². The van der Waals surface area contributed by atoms with Gasteiger partial charge in [0.05, 0.1) is 11.9 Å². The molecule has 5 heteroatoms. The van der Waals surface area contributed by atoms with E-state index in [9.17, 15) is 0 Å². The molecule has 1 aromatic carbocycles. The van der Waals surface area contributed by atoms with Gasteiger partial charge in [-0.25, -0.2) is 9.67 Å². The zero-order valence-electron chi connectivity index (χ0n) is 8.41. The molecular weight excluding hydrogens is 202 g/mol. The van der Waals surface area contributed by atoms with Gasteiger partial charge in [0.25, 0.3) is 0 Å². The molecule has 0 aliphatic rings. The van der Waals surface area contributed by atoms with E-state index in [0.717, 1.165) is 16.5 Å². The highest BCUT2D eigenvalue weighted by Crippen LogP contribution is 2.19. The van der Waals surface area contributed by atoms with Crippen LogP contribution < -0.4 is 5.73 Å². The van der Waals surface area contributed by atoms with E-state index in [1.165, 1.54) is 0 Å². The lowest BCUT2D eigenvalue weighted by atomic mass is 10.1. The Labute approximate surface area is 91.6 Å². The molecule has 0 saturated heterocycles. The highest BCUT2D eigenvalue weighted by atomic mass is 15.4. The van der Waals surface area contributed by atoms with Crippen LogP contribution in [-0.2, 0) is 0 Å². The maximum Gasteiger partial charge on any atom is 0.239 e. The topological polar surface area (TPSA) is 69.6 Å². The zero-order chi connectivity index (χ0) is 11.0. The van der Waals surface area contributed by atoms with Crippen LogP contribution in [0.25, 0.3) is 16.5 Å². The average Bonchev–Trinajstić information content (AvgIpc) is 2.75. The molecule has 3 aromatic rings. The number of anilines is 1. The number of nitrogens with zero attached hydrogens (tertiary/aromatic N) is 4. The van der Waals surface area contributed by atoms with Crippen LogP contribution in [0.3, 0.4) is 0 Å². The summed E-state index contributed by atoms with van der Waals surface area (Å²) in [5.41, 5.74) is 6.37. The summed E-state index contributed by atoms with van der Waals surface area (Å²) in [6, 6.07) is 7.98. The molecule has 16 heavy (non-hydrogen) atoms. The second-order valence-electron chi connectivity index (χ2n) is 3.43. The number of aromatic nitrogens is 4. The molecule has 0 spiro atoms. The molecule has 0 fully saturated rings. The lowest BCUT2D eigenvalue weighted by Gasteiger charge is -2.04. The predicted molar refractivity (Wildman–Crippen MR) is 61.1 cm³/mol. The van der Waals surface area contributed by atoms with Crippen molar-refractivity contribution in [1.82, 2.24) is 19.7 Å². The largest absolute Gasteiger partial charge is 0.366 e. The first kappa shape index (κ1) is 8.84. The second-order valence-corrected chi connectivity index (χ2v) is 3.43. The van der Waals surface area contributed by atoms with Crippen LogP contribution in [0.15, 0.2) is 43.0 Å². The van der Waals surface area contributed by atoms with Crippen molar-refractivity contribution >= 4 is 16.7 Å². The Balaban J connectivity index is 2.31. The van der Waals surface area contributed by atoms with Crippen LogP contribution >= 0.6 is 0 Å². The molecule has 0 radical (unpaired) electrons. The van der Waals surface area contributed by atoms with Crippen molar-refractivity contribution in [3.63, 3.8) is 0 Å². The number of fused-ring (bicyclic) bond motifs is 1. The number of hydrogen-bond donors (Lipinski definition) is 1. The molecule has 0 aliphatic carbocycles. The Morgan fingerprint density at radius 1 is 1.12 bits per heavy atom. The van der Waals surface area contributed by atoms with Gasteiger partial charge < -0.3 is 5.73 Å². The van der Waals surface area contributed by atoms with Gasteiger partial charge in [-0.2, -0.15) is 0 Å². The number of nitrogen functional groups attached to an aromatic ring is 1. The summed E-state index contributed by atoms with van der Waals surface area (Å²) in [6.07, 6.45) is 5.15. The van der Waals surface area contributed by atoms with Gasteiger partial charge in [0.1, 0.15) is 6.33 Å². The lowest BCUT2D eigenvalue weighted by Crippen LogP contribution is -1.98. The summed E-state index contributed by atoms with van der Waals surface area (Å²) >= 11 is 0. The Kier molecular flexibility index (Phi) is 1.83. The number of hydrogen-bond acceptors (Lipinski definition) is 4. The molecule has 2 N–H and O–H groups in total. The van der Waals surface area contributed by atoms with Gasteiger partial charge in [-0.1, -0.05) is 24.3 Å². The Hall–Kier alpha value is -2.43. The van der Waals surface area contributed by atoms with E-state index >= 15 is 0 Å². The number of rotatable bonds is 1. The van der Waals surface area contributed by atoms with Gasteiger partial charge in [-0.3, -0.25) is 4.98 Å². The molecular formula is C11H9N5. The SMILES string of the molecule is Nc1ncn(-c2cncc3ccccc23)n1. The van der Waals surface area contributed by atoms with Gasteiger partial charge >= 0.3 is 0 Å². The van der Waals surface area contributed by atoms with Crippen LogP contribution in [0.5, 0.6) is 0 Å². The molecule has 0 saturated carbocycles. The van der Waals surface area contributed by atoms with Crippen LogP contribution in [0.2, 0.25) is 0 Å². The average molecular weight is 211 g/mol. The summed E-state index contributed by atoms with van der Waals surface area (Å²) in [7, 11) is 0. The van der Waals surface area contributed by atoms with Crippen LogP contribution in [0.1, 0.15) is 0 Å². The normalized spacial score (nSPS) is 10.8. The van der Waals surface area contributed by atoms with E-state index in [0.29, 0.717) is 0 Å². The van der Waals surface area contributed by atoms with E-state index in [-0.39, 0.29) is 5.95 Å². The molecule has 78 valence electrons. The third-order valence-corrected chi connectivity index (χ3v) is 2.40. The number of pyridine rings is 1. The van der Waals surface area contributed by atoms with E-state index in [2.05, 4.69) is 15.1 Å². The van der Waals surface area contributed by atoms with Gasteiger partial charge in [-0.15, -0.1) is 5.10 Å². The molecule has 0 unspecified atom stereocenters. The van der Waals surface area contributed by atoms with Crippen molar-refractivity contribution in [2.24, 2.45) is 0 Å². The first-order chi connectivity index (χ1) is 7.84. The first-order valence-electron chi connectivity index (χ1n) is 4.85. The Morgan fingerprint density at radius 2 is 2.00 bits per heavy atom. The zero-order valence-corrected chi connectivity index (χ0v) is 8.41. The fourth-order valence-electron chi connectivity index (χ4n) is 1.68. The van der Waals surface area contributed by atoms with Crippen molar-refractivity contribution in [2.75, 3.05) is 5.73 Å². The maximum atomic E-state index is 5.50. The highest BCUT2D eigenvalue weighted by molar-refractivity contribution is 5.88. The van der Waals surface area contributed by atoms with Gasteiger partial charge in [0.2, 0.25) is 5.95 Å². The minimum atomic E-state index is 0.257. The molecule has 0 bridgehead atoms. The van der Waals surface area contributed by atoms with E-state index in [1.807, 2.05) is 30.5 Å². The van der Waals surface area contributed by atoms with E-state index in [4.69, 9.17) is 5.73 Å². The number of benzene rings is 1. The summed E-state index contributed by atoms with van der Waals surface area (Å²) in [6.45, 7) is 0. The molecule has 0 amide bonds. The van der Waals surface area contributed by atoms with Gasteiger partial charge in [-0.05, 0) is 0 Å². The van der Waals surface area contributed by atoms with E-state index in [1.54, 1.807) is 17.2 Å². The van der Waals surface area contributed by atoms with Crippen LogP contribution in [-0.4, -0.2) is 19.7 Å². The summed E-state index contributed by atoms with van der Waals surface area (Å²) in [5, 5.41) is 6.21. The van der Waals surface area contributed by atoms with Crippen molar-refractivity contribution < 1.29 is 0 Å². The van der Waals surface area contributed by atoms with Crippen molar-refractivity contribution in [3.8, 4) is 5.69 Å². The van der Waals surface area contributed by atoms with Crippen LogP contribution in [0, 0.1) is 0 Å². The lowest BCUT2D eigenvalue weighted by molar-refractivity contribution is 0.885. The predicted octanol–water partition coefficient (Wildman–Crippen LogP) is 1.40. The second kappa shape index (κ2) is 3.30. The molecule has 5 nitrogen and oxygen atoms in total. The van der Waals surface area contributed by atoms with Crippen molar-refractivity contribution in [2.45, 2.75) is 0 Å². The van der Waals surface area contributed by atoms with E-state index < -0.39 is 0 Å². The van der Waals surface area contributed by atoms with Crippen LogP contribution in [0.4, 0.5) is 5.95 Å². The maximum absolute atomic E-state index is 5.50. The highest BCUT2D eigenvalue weighted by Gasteiger charge is 2.04. The summed E-state index contributed by atoms with van der Waals surface area (Å²) in [4.78, 5) is 8.07. The molecule has 3 rings (SSSR count).